The van der Waals surface area contributed by atoms with Gasteiger partial charge in [-0.25, -0.2) is 4.39 Å². The fraction of sp³-hybridized carbons (Fsp3) is 0.778. The molecule has 0 amide bonds. The van der Waals surface area contributed by atoms with E-state index in [-0.39, 0.29) is 12.1 Å². The third kappa shape index (κ3) is 1.38. The van der Waals surface area contributed by atoms with E-state index >= 15 is 0 Å². The molecule has 1 atom stereocenters. The topological polar surface area (TPSA) is 12.5 Å². The second kappa shape index (κ2) is 3.35. The first kappa shape index (κ1) is 9.09. The molecule has 0 N–H and O–H groups in total. The highest BCUT2D eigenvalue weighted by molar-refractivity contribution is 5.18. The Morgan fingerprint density at radius 1 is 1.62 bits per heavy atom. The molecule has 0 saturated carbocycles. The van der Waals surface area contributed by atoms with Crippen molar-refractivity contribution in [2.24, 2.45) is 0 Å². The third-order valence-corrected chi connectivity index (χ3v) is 3.17. The molecule has 2 saturated heterocycles. The average molecular weight is 189 g/mol. The van der Waals surface area contributed by atoms with Crippen LogP contribution in [0.3, 0.4) is 0 Å². The van der Waals surface area contributed by atoms with Gasteiger partial charge in [-0.15, -0.1) is 0 Å². The van der Waals surface area contributed by atoms with Gasteiger partial charge in [0.2, 0.25) is 0 Å². The van der Waals surface area contributed by atoms with E-state index in [9.17, 15) is 8.92 Å². The zero-order chi connectivity index (χ0) is 9.31. The monoisotopic (exact) mass is 189 g/mol. The van der Waals surface area contributed by atoms with Gasteiger partial charge in [0.1, 0.15) is 6.61 Å². The van der Waals surface area contributed by atoms with Crippen molar-refractivity contribution in [3.05, 3.63) is 11.9 Å². The number of rotatable bonds is 2. The molecule has 1 unspecified atom stereocenters. The van der Waals surface area contributed by atoms with E-state index in [1.807, 2.05) is 0 Å². The predicted molar refractivity (Wildman–Crippen MR) is 44.4 cm³/mol. The molecule has 2 rings (SSSR count). The second-order valence-corrected chi connectivity index (χ2v) is 3.95. The van der Waals surface area contributed by atoms with Gasteiger partial charge in [-0.1, -0.05) is 0 Å². The molecular formula is C9H13F2NO. The van der Waals surface area contributed by atoms with Crippen LogP contribution >= 0.6 is 0 Å². The van der Waals surface area contributed by atoms with Gasteiger partial charge < -0.3 is 0 Å². The molecule has 0 spiro atoms. The summed E-state index contributed by atoms with van der Waals surface area (Å²) in [6.07, 6.45) is 3.24. The van der Waals surface area contributed by atoms with Gasteiger partial charge in [-0.05, 0) is 35.9 Å². The highest BCUT2D eigenvalue weighted by Gasteiger charge is 2.46. The summed E-state index contributed by atoms with van der Waals surface area (Å²) in [6, 6.07) is 0. The molecule has 4 heteroatoms. The van der Waals surface area contributed by atoms with Crippen LogP contribution in [0.5, 0.6) is 0 Å². The predicted octanol–water partition coefficient (Wildman–Crippen LogP) is 1.98. The molecule has 0 bridgehead atoms. The van der Waals surface area contributed by atoms with Gasteiger partial charge >= 0.3 is 0 Å². The van der Waals surface area contributed by atoms with E-state index in [4.69, 9.17) is 0 Å². The summed E-state index contributed by atoms with van der Waals surface area (Å²) < 4.78 is 24.2. The van der Waals surface area contributed by atoms with Crippen LogP contribution in [0, 0.1) is 0 Å². The number of halogens is 2. The fourth-order valence-corrected chi connectivity index (χ4v) is 2.55. The third-order valence-electron chi connectivity index (χ3n) is 3.17. The number of hydrogen-bond donors (Lipinski definition) is 0. The van der Waals surface area contributed by atoms with Crippen molar-refractivity contribution in [1.29, 1.82) is 0 Å². The largest absolute Gasteiger partial charge is 0.291 e. The van der Waals surface area contributed by atoms with Gasteiger partial charge in [0.15, 0.2) is 0 Å². The Labute approximate surface area is 76.1 Å². The number of fused-ring (bicyclic) bond motifs is 1. The first-order valence-electron chi connectivity index (χ1n) is 4.57. The van der Waals surface area contributed by atoms with Crippen molar-refractivity contribution >= 4 is 0 Å². The van der Waals surface area contributed by atoms with Gasteiger partial charge in [-0.2, -0.15) is 4.94 Å². The smallest absolute Gasteiger partial charge is 0.106 e. The molecule has 2 aliphatic rings. The molecule has 74 valence electrons. The molecule has 2 aliphatic heterocycles. The average Bonchev–Trinajstić information content (AvgIpc) is 2.60. The van der Waals surface area contributed by atoms with Crippen molar-refractivity contribution < 1.29 is 13.9 Å². The lowest BCUT2D eigenvalue weighted by Crippen LogP contribution is -2.41. The summed E-state index contributed by atoms with van der Waals surface area (Å²) in [5.41, 5.74) is 0.518. The lowest BCUT2D eigenvalue weighted by Gasteiger charge is -2.28. The van der Waals surface area contributed by atoms with Crippen molar-refractivity contribution in [2.45, 2.75) is 24.8 Å². The maximum atomic E-state index is 12.3. The van der Waals surface area contributed by atoms with Crippen molar-refractivity contribution in [3.63, 3.8) is 0 Å². The number of hydrogen-bond acceptors (Lipinski definition) is 2. The molecule has 0 aliphatic carbocycles. The Morgan fingerprint density at radius 2 is 2.46 bits per heavy atom. The highest BCUT2D eigenvalue weighted by Crippen LogP contribution is 2.41. The Bertz CT molecular complexity index is 232. The summed E-state index contributed by atoms with van der Waals surface area (Å²) in [7, 11) is 0. The molecular weight excluding hydrogens is 176 g/mol. The quantitative estimate of drug-likeness (QED) is 0.658. The molecule has 0 aromatic heterocycles. The lowest BCUT2D eigenvalue weighted by molar-refractivity contribution is -0.160. The SMILES string of the molecule is F/C=C1\CN2CCCC2(COF)C1. The minimum absolute atomic E-state index is 0.0737. The van der Waals surface area contributed by atoms with Gasteiger partial charge in [-0.3, -0.25) is 4.90 Å². The van der Waals surface area contributed by atoms with Crippen LogP contribution in [0.4, 0.5) is 8.92 Å². The van der Waals surface area contributed by atoms with Crippen molar-refractivity contribution in [3.8, 4) is 0 Å². The minimum atomic E-state index is -0.243. The van der Waals surface area contributed by atoms with E-state index in [0.717, 1.165) is 25.0 Å². The molecule has 0 aromatic rings. The van der Waals surface area contributed by atoms with Crippen LogP contribution in [0.1, 0.15) is 19.3 Å². The van der Waals surface area contributed by atoms with E-state index in [1.54, 1.807) is 0 Å². The van der Waals surface area contributed by atoms with E-state index < -0.39 is 0 Å². The van der Waals surface area contributed by atoms with E-state index in [0.29, 0.717) is 19.3 Å². The maximum Gasteiger partial charge on any atom is 0.106 e. The van der Waals surface area contributed by atoms with Gasteiger partial charge in [0, 0.05) is 6.54 Å². The molecule has 13 heavy (non-hydrogen) atoms. The standard InChI is InChI=1S/C9H13F2NO/c10-5-8-4-9(7-13-11)2-1-3-12(9)6-8/h5H,1-4,6-7H2/b8-5-. The maximum absolute atomic E-state index is 12.3. The number of nitrogens with zero attached hydrogens (tertiary/aromatic N) is 1. The normalized spacial score (nSPS) is 37.2. The zero-order valence-corrected chi connectivity index (χ0v) is 7.43. The highest BCUT2D eigenvalue weighted by atomic mass is 19.3. The second-order valence-electron chi connectivity index (χ2n) is 3.95. The summed E-state index contributed by atoms with van der Waals surface area (Å²) in [5.74, 6) is 0. The Hall–Kier alpha value is -0.480. The fourth-order valence-electron chi connectivity index (χ4n) is 2.55. The molecule has 2 heterocycles. The summed E-state index contributed by atoms with van der Waals surface area (Å²) in [6.45, 7) is 1.64. The first-order chi connectivity index (χ1) is 6.30. The molecule has 0 aromatic carbocycles. The van der Waals surface area contributed by atoms with Gasteiger partial charge in [0.25, 0.3) is 0 Å². The van der Waals surface area contributed by atoms with Crippen molar-refractivity contribution in [1.82, 2.24) is 4.90 Å². The Kier molecular flexibility index (Phi) is 2.34. The Balaban J connectivity index is 2.14. The van der Waals surface area contributed by atoms with Gasteiger partial charge in [0.05, 0.1) is 11.9 Å². The molecule has 0 radical (unpaired) electrons. The Morgan fingerprint density at radius 3 is 3.15 bits per heavy atom. The first-order valence-corrected chi connectivity index (χ1v) is 4.57. The van der Waals surface area contributed by atoms with Crippen LogP contribution in [-0.2, 0) is 4.94 Å². The van der Waals surface area contributed by atoms with Crippen LogP contribution in [0.2, 0.25) is 0 Å². The van der Waals surface area contributed by atoms with E-state index in [1.165, 1.54) is 0 Å². The van der Waals surface area contributed by atoms with Crippen LogP contribution in [0.15, 0.2) is 11.9 Å². The lowest BCUT2D eigenvalue weighted by atomic mass is 9.94. The summed E-state index contributed by atoms with van der Waals surface area (Å²) in [4.78, 5) is 5.85. The van der Waals surface area contributed by atoms with Crippen LogP contribution < -0.4 is 0 Å². The zero-order valence-electron chi connectivity index (χ0n) is 7.43. The van der Waals surface area contributed by atoms with E-state index in [2.05, 4.69) is 9.84 Å². The van der Waals surface area contributed by atoms with Crippen molar-refractivity contribution in [2.75, 3.05) is 19.7 Å². The summed E-state index contributed by atoms with van der Waals surface area (Å²) in [5, 5.41) is 0. The van der Waals surface area contributed by atoms with Crippen LogP contribution in [-0.4, -0.2) is 30.1 Å². The minimum Gasteiger partial charge on any atom is -0.291 e. The van der Waals surface area contributed by atoms with Crippen LogP contribution in [0.25, 0.3) is 0 Å². The molecule has 2 nitrogen and oxygen atoms in total. The summed E-state index contributed by atoms with van der Waals surface area (Å²) >= 11 is 0. The molecule has 2 fully saturated rings.